The van der Waals surface area contributed by atoms with Gasteiger partial charge >= 0.3 is 0 Å². The highest BCUT2D eigenvalue weighted by Crippen LogP contribution is 2.32. The summed E-state index contributed by atoms with van der Waals surface area (Å²) in [6.07, 6.45) is 4.73. The van der Waals surface area contributed by atoms with Gasteiger partial charge in [-0.05, 0) is 49.4 Å². The molecule has 2 N–H and O–H groups in total. The number of rotatable bonds is 2. The van der Waals surface area contributed by atoms with E-state index in [4.69, 9.17) is 11.6 Å². The number of nitrogens with one attached hydrogen (secondary N) is 2. The fourth-order valence-corrected chi connectivity index (χ4v) is 2.85. The van der Waals surface area contributed by atoms with Crippen LogP contribution in [0.2, 0.25) is 5.15 Å². The summed E-state index contributed by atoms with van der Waals surface area (Å²) in [7, 11) is 0. The van der Waals surface area contributed by atoms with Gasteiger partial charge < -0.3 is 10.3 Å². The molecule has 1 aliphatic rings. The van der Waals surface area contributed by atoms with Gasteiger partial charge in [0.25, 0.3) is 0 Å². The first-order chi connectivity index (χ1) is 9.63. The Morgan fingerprint density at radius 1 is 1.45 bits per heavy atom. The molecule has 2 heterocycles. The molecular formula is C15H16ClN3O. The van der Waals surface area contributed by atoms with Crippen LogP contribution >= 0.6 is 11.6 Å². The molecule has 1 atom stereocenters. The Balaban J connectivity index is 1.93. The fourth-order valence-electron chi connectivity index (χ4n) is 2.69. The smallest absolute Gasteiger partial charge is 0.248 e. The minimum atomic E-state index is -0.0420. The number of halogens is 1. The summed E-state index contributed by atoms with van der Waals surface area (Å²) in [5, 5.41) is 3.93. The predicted octanol–water partition coefficient (Wildman–Crippen LogP) is 3.22. The van der Waals surface area contributed by atoms with Crippen molar-refractivity contribution in [2.45, 2.75) is 32.2 Å². The van der Waals surface area contributed by atoms with E-state index in [0.717, 1.165) is 41.8 Å². The second kappa shape index (κ2) is 5.29. The number of anilines is 1. The van der Waals surface area contributed by atoms with Crippen molar-refractivity contribution in [2.75, 3.05) is 5.32 Å². The molecule has 5 heteroatoms. The third-order valence-corrected chi connectivity index (χ3v) is 3.94. The van der Waals surface area contributed by atoms with E-state index in [1.54, 1.807) is 12.3 Å². The molecule has 0 saturated heterocycles. The Morgan fingerprint density at radius 2 is 2.30 bits per heavy atom. The number of H-pyrrole nitrogens is 1. The molecule has 2 aromatic rings. The van der Waals surface area contributed by atoms with E-state index in [9.17, 15) is 4.79 Å². The Morgan fingerprint density at radius 3 is 3.15 bits per heavy atom. The Labute approximate surface area is 122 Å². The number of fused-ring (bicyclic) bond motifs is 1. The van der Waals surface area contributed by atoms with Crippen molar-refractivity contribution < 1.29 is 0 Å². The lowest BCUT2D eigenvalue weighted by atomic mass is 9.91. The number of hydrogen-bond acceptors (Lipinski definition) is 3. The lowest BCUT2D eigenvalue weighted by molar-refractivity contribution is 0.586. The van der Waals surface area contributed by atoms with E-state index in [2.05, 4.69) is 15.3 Å². The first-order valence-corrected chi connectivity index (χ1v) is 7.12. The lowest BCUT2D eigenvalue weighted by Crippen LogP contribution is -2.21. The molecule has 2 aromatic heterocycles. The minimum Gasteiger partial charge on any atom is -0.376 e. The molecule has 4 nitrogen and oxygen atoms in total. The van der Waals surface area contributed by atoms with Crippen molar-refractivity contribution in [1.29, 1.82) is 0 Å². The van der Waals surface area contributed by atoms with E-state index in [-0.39, 0.29) is 11.6 Å². The number of hydrogen-bond donors (Lipinski definition) is 2. The van der Waals surface area contributed by atoms with Crippen molar-refractivity contribution in [3.05, 3.63) is 56.7 Å². The molecule has 0 spiro atoms. The summed E-state index contributed by atoms with van der Waals surface area (Å²) in [6, 6.07) is 5.64. The summed E-state index contributed by atoms with van der Waals surface area (Å²) in [5.74, 6) is 0. The molecule has 1 aliphatic carbocycles. The SMILES string of the molecule is Cc1cnc(Cl)c(NC2CCCc3[nH]c(=O)ccc32)c1. The molecule has 0 saturated carbocycles. The normalized spacial score (nSPS) is 17.6. The molecule has 1 unspecified atom stereocenters. The summed E-state index contributed by atoms with van der Waals surface area (Å²) < 4.78 is 0. The van der Waals surface area contributed by atoms with Crippen LogP contribution in [-0.4, -0.2) is 9.97 Å². The third kappa shape index (κ3) is 2.56. The highest BCUT2D eigenvalue weighted by Gasteiger charge is 2.21. The number of nitrogens with zero attached hydrogens (tertiary/aromatic N) is 1. The fraction of sp³-hybridized carbons (Fsp3) is 0.333. The van der Waals surface area contributed by atoms with Gasteiger partial charge in [0, 0.05) is 18.0 Å². The number of aromatic amines is 1. The van der Waals surface area contributed by atoms with Crippen LogP contribution in [0.5, 0.6) is 0 Å². The van der Waals surface area contributed by atoms with Gasteiger partial charge in [0.15, 0.2) is 5.15 Å². The lowest BCUT2D eigenvalue weighted by Gasteiger charge is -2.27. The van der Waals surface area contributed by atoms with Crippen LogP contribution in [0, 0.1) is 6.92 Å². The van der Waals surface area contributed by atoms with Gasteiger partial charge in [0.1, 0.15) is 0 Å². The van der Waals surface area contributed by atoms with Crippen molar-refractivity contribution in [3.63, 3.8) is 0 Å². The standard InChI is InChI=1S/C15H16ClN3O/c1-9-7-13(15(16)17-8-9)18-11-3-2-4-12-10(11)5-6-14(20)19-12/h5-8,11,18H,2-4H2,1H3,(H,19,20). The monoisotopic (exact) mass is 289 g/mol. The average molecular weight is 290 g/mol. The molecule has 0 amide bonds. The van der Waals surface area contributed by atoms with E-state index in [1.807, 2.05) is 19.1 Å². The van der Waals surface area contributed by atoms with Gasteiger partial charge in [0.2, 0.25) is 5.56 Å². The van der Waals surface area contributed by atoms with E-state index in [0.29, 0.717) is 5.15 Å². The second-order valence-corrected chi connectivity index (χ2v) is 5.55. The molecule has 0 fully saturated rings. The highest BCUT2D eigenvalue weighted by molar-refractivity contribution is 6.32. The zero-order chi connectivity index (χ0) is 14.1. The number of aryl methyl sites for hydroxylation is 2. The molecule has 20 heavy (non-hydrogen) atoms. The van der Waals surface area contributed by atoms with Crippen molar-refractivity contribution in [2.24, 2.45) is 0 Å². The maximum absolute atomic E-state index is 11.4. The largest absolute Gasteiger partial charge is 0.376 e. The molecule has 104 valence electrons. The van der Waals surface area contributed by atoms with Crippen molar-refractivity contribution in [3.8, 4) is 0 Å². The van der Waals surface area contributed by atoms with Gasteiger partial charge in [-0.25, -0.2) is 4.98 Å². The molecular weight excluding hydrogens is 274 g/mol. The van der Waals surface area contributed by atoms with Crippen LogP contribution in [0.15, 0.2) is 29.2 Å². The van der Waals surface area contributed by atoms with Crippen molar-refractivity contribution in [1.82, 2.24) is 9.97 Å². The van der Waals surface area contributed by atoms with Crippen LogP contribution in [0.4, 0.5) is 5.69 Å². The van der Waals surface area contributed by atoms with Gasteiger partial charge in [-0.3, -0.25) is 4.79 Å². The Kier molecular flexibility index (Phi) is 3.49. The topological polar surface area (TPSA) is 57.8 Å². The summed E-state index contributed by atoms with van der Waals surface area (Å²) in [6.45, 7) is 1.99. The first-order valence-electron chi connectivity index (χ1n) is 6.74. The maximum Gasteiger partial charge on any atom is 0.248 e. The highest BCUT2D eigenvalue weighted by atomic mass is 35.5. The number of pyridine rings is 2. The quantitative estimate of drug-likeness (QED) is 0.835. The zero-order valence-corrected chi connectivity index (χ0v) is 12.0. The first kappa shape index (κ1) is 13.2. The van der Waals surface area contributed by atoms with Gasteiger partial charge in [-0.1, -0.05) is 11.6 Å². The van der Waals surface area contributed by atoms with Crippen LogP contribution in [0.25, 0.3) is 0 Å². The van der Waals surface area contributed by atoms with Gasteiger partial charge in [-0.2, -0.15) is 0 Å². The summed E-state index contributed by atoms with van der Waals surface area (Å²) >= 11 is 6.14. The predicted molar refractivity (Wildman–Crippen MR) is 80.3 cm³/mol. The van der Waals surface area contributed by atoms with Gasteiger partial charge in [-0.15, -0.1) is 0 Å². The maximum atomic E-state index is 11.4. The van der Waals surface area contributed by atoms with E-state index in [1.165, 1.54) is 0 Å². The molecule has 0 radical (unpaired) electrons. The van der Waals surface area contributed by atoms with Gasteiger partial charge in [0.05, 0.1) is 11.7 Å². The average Bonchev–Trinajstić information content (AvgIpc) is 2.43. The Hall–Kier alpha value is -1.81. The Bertz CT molecular complexity index is 696. The van der Waals surface area contributed by atoms with Crippen molar-refractivity contribution >= 4 is 17.3 Å². The van der Waals surface area contributed by atoms with E-state index < -0.39 is 0 Å². The van der Waals surface area contributed by atoms with Crippen LogP contribution in [-0.2, 0) is 6.42 Å². The molecule has 0 bridgehead atoms. The second-order valence-electron chi connectivity index (χ2n) is 5.20. The molecule has 0 aromatic carbocycles. The minimum absolute atomic E-state index is 0.0420. The summed E-state index contributed by atoms with van der Waals surface area (Å²) in [4.78, 5) is 18.5. The van der Waals surface area contributed by atoms with Crippen LogP contribution < -0.4 is 10.9 Å². The zero-order valence-electron chi connectivity index (χ0n) is 11.2. The van der Waals surface area contributed by atoms with Crippen LogP contribution in [0.3, 0.4) is 0 Å². The van der Waals surface area contributed by atoms with Crippen LogP contribution in [0.1, 0.15) is 35.7 Å². The molecule has 0 aliphatic heterocycles. The van der Waals surface area contributed by atoms with E-state index >= 15 is 0 Å². The summed E-state index contributed by atoms with van der Waals surface area (Å²) in [5.41, 5.74) is 4.04. The molecule has 3 rings (SSSR count). The third-order valence-electron chi connectivity index (χ3n) is 3.64. The number of aromatic nitrogens is 2.